The van der Waals surface area contributed by atoms with Crippen LogP contribution in [0.4, 0.5) is 4.79 Å². The number of nitrogens with one attached hydrogen (secondary N) is 2. The number of alkyl carbamates (subject to hydrolysis) is 1. The number of rotatable bonds is 10. The number of thiazole rings is 1. The van der Waals surface area contributed by atoms with E-state index in [1.807, 2.05) is 34.9 Å². The summed E-state index contributed by atoms with van der Waals surface area (Å²) in [4.78, 5) is 68.8. The highest BCUT2D eigenvalue weighted by atomic mass is 32.2. The smallest absolute Gasteiger partial charge is 0.408 e. The van der Waals surface area contributed by atoms with Crippen molar-refractivity contribution in [2.45, 2.75) is 177 Å². The van der Waals surface area contributed by atoms with Gasteiger partial charge in [0.2, 0.25) is 21.8 Å². The van der Waals surface area contributed by atoms with Crippen molar-refractivity contribution in [3.05, 3.63) is 41.4 Å². The summed E-state index contributed by atoms with van der Waals surface area (Å²) in [7, 11) is -3.96. The largest absolute Gasteiger partial charge is 0.459 e. The van der Waals surface area contributed by atoms with Gasteiger partial charge in [-0.1, -0.05) is 43.9 Å². The first-order chi connectivity index (χ1) is 30.2. The number of ketones is 1. The molecule has 0 radical (unpaired) electrons. The summed E-state index contributed by atoms with van der Waals surface area (Å²) < 4.78 is 42.6. The average molecular weight is 903 g/mol. The van der Waals surface area contributed by atoms with Crippen LogP contribution in [0.3, 0.4) is 0 Å². The van der Waals surface area contributed by atoms with E-state index in [0.717, 1.165) is 85.1 Å². The third kappa shape index (κ3) is 8.91. The van der Waals surface area contributed by atoms with Crippen LogP contribution in [0.1, 0.15) is 154 Å². The van der Waals surface area contributed by atoms with Gasteiger partial charge in [-0.05, 0) is 116 Å². The van der Waals surface area contributed by atoms with Crippen LogP contribution in [-0.4, -0.2) is 87.1 Å². The third-order valence-electron chi connectivity index (χ3n) is 14.7. The van der Waals surface area contributed by atoms with E-state index in [0.29, 0.717) is 44.0 Å². The number of fused-ring (bicyclic) bond motifs is 3. The first kappa shape index (κ1) is 43.9. The van der Waals surface area contributed by atoms with E-state index in [1.165, 1.54) is 17.7 Å². The molecule has 14 nitrogen and oxygen atoms in total. The molecule has 3 aromatic rings. The molecule has 0 bridgehead atoms. The molecule has 6 aliphatic rings. The number of hydrogen-bond acceptors (Lipinski definition) is 11. The second-order valence-corrected chi connectivity index (χ2v) is 22.7. The first-order valence-electron chi connectivity index (χ1n) is 23.4. The fourth-order valence-electron chi connectivity index (χ4n) is 10.4. The van der Waals surface area contributed by atoms with Crippen LogP contribution >= 0.6 is 11.3 Å². The van der Waals surface area contributed by atoms with E-state index in [4.69, 9.17) is 19.4 Å². The highest BCUT2D eigenvalue weighted by Crippen LogP contribution is 2.57. The van der Waals surface area contributed by atoms with Crippen LogP contribution in [0, 0.1) is 11.3 Å². The number of nitrogens with zero attached hydrogens (tertiary/aromatic N) is 4. The maximum Gasteiger partial charge on any atom is 0.408 e. The summed E-state index contributed by atoms with van der Waals surface area (Å²) in [6.07, 6.45) is 15.3. The van der Waals surface area contributed by atoms with Crippen molar-refractivity contribution >= 4 is 56.1 Å². The Morgan fingerprint density at radius 3 is 2.44 bits per heavy atom. The Balaban J connectivity index is 1.02. The number of aromatic nitrogens is 3. The van der Waals surface area contributed by atoms with Crippen molar-refractivity contribution in [1.29, 1.82) is 0 Å². The van der Waals surface area contributed by atoms with E-state index in [1.54, 1.807) is 18.3 Å². The van der Waals surface area contributed by atoms with Gasteiger partial charge in [0, 0.05) is 35.7 Å². The van der Waals surface area contributed by atoms with Gasteiger partial charge in [-0.25, -0.2) is 18.2 Å². The number of sulfonamides is 1. The molecule has 16 heteroatoms. The van der Waals surface area contributed by atoms with Crippen LogP contribution in [-0.2, 0) is 29.1 Å². The van der Waals surface area contributed by atoms with Crippen LogP contribution in [0.25, 0.3) is 21.6 Å². The fraction of sp³-hybridized carbons (Fsp3) is 0.660. The van der Waals surface area contributed by atoms with E-state index >= 15 is 0 Å². The van der Waals surface area contributed by atoms with E-state index in [9.17, 15) is 27.6 Å². The minimum absolute atomic E-state index is 0.0474. The minimum Gasteiger partial charge on any atom is -0.459 e. The molecule has 4 heterocycles. The summed E-state index contributed by atoms with van der Waals surface area (Å²) in [5, 5.41) is 5.96. The molecular weight excluding hydrogens is 841 g/mol. The number of para-hydroxylation sites is 1. The molecule has 340 valence electrons. The summed E-state index contributed by atoms with van der Waals surface area (Å²) in [6.45, 7) is 5.79. The number of carbonyl (C=O) groups is 4. The topological polar surface area (TPSA) is 179 Å². The Kier molecular flexibility index (Phi) is 12.3. The van der Waals surface area contributed by atoms with Gasteiger partial charge in [0.25, 0.3) is 6.01 Å². The molecule has 5 fully saturated rings. The molecule has 0 spiro atoms. The number of Topliss-reactive ketones (excluding diaryl/α,β-unsaturated/α-hetero) is 1. The zero-order valence-corrected chi connectivity index (χ0v) is 38.4. The number of carbonyl (C=O) groups excluding carboxylic acids is 4. The molecule has 0 unspecified atom stereocenters. The SMILES string of the molecule is CC(C)n1c(O[C@@H]2C[C@H]3C(=O)C[C@]4(C(=O)NS(=O)(=O)C5(C)CC5)C[C@@H]4/C=C\CCCCC[C@H](NC(=O)OC4CCCC4)C(=O)N3C2)nc2c(-c3nc(C4CCCC4)cs3)cccc21. The Hall–Kier alpha value is -4.31. The molecule has 1 saturated heterocycles. The number of amides is 3. The number of benzene rings is 1. The third-order valence-corrected chi connectivity index (χ3v) is 17.8. The van der Waals surface area contributed by atoms with Gasteiger partial charge >= 0.3 is 6.09 Å². The Bertz CT molecular complexity index is 2380. The van der Waals surface area contributed by atoms with Crippen LogP contribution in [0.15, 0.2) is 35.7 Å². The molecule has 3 amide bonds. The second-order valence-electron chi connectivity index (χ2n) is 19.6. The number of allylic oxidation sites excluding steroid dienone is 2. The second kappa shape index (κ2) is 17.6. The monoisotopic (exact) mass is 902 g/mol. The van der Waals surface area contributed by atoms with Gasteiger partial charge in [0.1, 0.15) is 28.8 Å². The Morgan fingerprint density at radius 2 is 1.70 bits per heavy atom. The lowest BCUT2D eigenvalue weighted by molar-refractivity contribution is -0.140. The average Bonchev–Trinajstić information content (AvgIpc) is 3.72. The number of hydrogen-bond donors (Lipinski definition) is 2. The molecule has 2 aromatic heterocycles. The molecular formula is C47H62N6O8S2. The molecule has 2 aliphatic heterocycles. The molecule has 4 saturated carbocycles. The molecule has 63 heavy (non-hydrogen) atoms. The highest BCUT2D eigenvalue weighted by Gasteiger charge is 2.62. The Morgan fingerprint density at radius 1 is 0.952 bits per heavy atom. The quantitative estimate of drug-likeness (QED) is 0.188. The molecule has 4 aliphatic carbocycles. The van der Waals surface area contributed by atoms with Gasteiger partial charge in [-0.2, -0.15) is 4.98 Å². The maximum absolute atomic E-state index is 14.9. The number of imidazole rings is 1. The van der Waals surface area contributed by atoms with Crippen molar-refractivity contribution in [1.82, 2.24) is 29.5 Å². The fourth-order valence-corrected chi connectivity index (χ4v) is 12.7. The lowest BCUT2D eigenvalue weighted by Gasteiger charge is -2.29. The van der Waals surface area contributed by atoms with E-state index < -0.39 is 56.3 Å². The predicted octanol–water partition coefficient (Wildman–Crippen LogP) is 8.27. The number of ether oxygens (including phenoxy) is 2. The molecule has 2 N–H and O–H groups in total. The molecule has 5 atom stereocenters. The van der Waals surface area contributed by atoms with Gasteiger partial charge in [0.05, 0.1) is 34.0 Å². The summed E-state index contributed by atoms with van der Waals surface area (Å²) in [5.74, 6) is -1.26. The summed E-state index contributed by atoms with van der Waals surface area (Å²) >= 11 is 1.63. The van der Waals surface area contributed by atoms with Crippen molar-refractivity contribution in [2.75, 3.05) is 6.54 Å². The van der Waals surface area contributed by atoms with Gasteiger partial charge < -0.3 is 19.7 Å². The van der Waals surface area contributed by atoms with Crippen molar-refractivity contribution in [3.63, 3.8) is 0 Å². The van der Waals surface area contributed by atoms with E-state index in [-0.39, 0.29) is 43.2 Å². The van der Waals surface area contributed by atoms with Gasteiger partial charge in [-0.15, -0.1) is 11.3 Å². The van der Waals surface area contributed by atoms with Crippen LogP contribution < -0.4 is 14.8 Å². The lowest BCUT2D eigenvalue weighted by Crippen LogP contribution is -2.52. The zero-order chi connectivity index (χ0) is 44.1. The summed E-state index contributed by atoms with van der Waals surface area (Å²) in [6, 6.07) is 4.45. The standard InChI is InChI=1S/C47H62N6O8S2/c1-29(2)53-37-21-13-19-34(41-48-36(28-62-41)30-14-9-10-15-30)40(37)50-44(53)60-33-24-38-39(54)26-47(43(56)51-63(58,59)46(3)22-23-46)25-31(47)16-7-5-4-6-8-20-35(42(55)52(38)27-33)49-45(57)61-32-17-11-12-18-32/h7,13,16,19,21,28-33,35,38H,4-6,8-12,14-15,17-18,20,22-27H2,1-3H3,(H,49,57)(H,51,56)/b16-7-/t31-,33+,35-,38-,47+/m0/s1. The predicted molar refractivity (Wildman–Crippen MR) is 240 cm³/mol. The van der Waals surface area contributed by atoms with Crippen molar-refractivity contribution in [2.24, 2.45) is 11.3 Å². The van der Waals surface area contributed by atoms with Gasteiger partial charge in [0.15, 0.2) is 5.78 Å². The molecule has 9 rings (SSSR count). The minimum atomic E-state index is -3.96. The summed E-state index contributed by atoms with van der Waals surface area (Å²) in [5.41, 5.74) is 2.44. The molecule has 1 aromatic carbocycles. The van der Waals surface area contributed by atoms with Gasteiger partial charge in [-0.3, -0.25) is 23.7 Å². The normalized spacial score (nSPS) is 28.6. The van der Waals surface area contributed by atoms with Crippen molar-refractivity contribution in [3.8, 4) is 16.6 Å². The van der Waals surface area contributed by atoms with E-state index in [2.05, 4.69) is 29.3 Å². The highest BCUT2D eigenvalue weighted by molar-refractivity contribution is 7.91. The maximum atomic E-state index is 14.9. The Labute approximate surface area is 374 Å². The van der Waals surface area contributed by atoms with Crippen LogP contribution in [0.5, 0.6) is 6.01 Å². The van der Waals surface area contributed by atoms with Crippen LogP contribution in [0.2, 0.25) is 0 Å². The zero-order valence-electron chi connectivity index (χ0n) is 36.8. The lowest BCUT2D eigenvalue weighted by atomic mass is 9.91. The van der Waals surface area contributed by atoms with Crippen molar-refractivity contribution < 1.29 is 37.1 Å². The first-order valence-corrected chi connectivity index (χ1v) is 25.8.